The molecule has 1 aromatic heterocycles. The van der Waals surface area contributed by atoms with E-state index in [1.807, 2.05) is 27.7 Å². The summed E-state index contributed by atoms with van der Waals surface area (Å²) in [7, 11) is 0. The molecule has 0 saturated heterocycles. The molecule has 1 heterocycles. The normalized spacial score (nSPS) is 10.6. The van der Waals surface area contributed by atoms with Crippen LogP contribution in [0.3, 0.4) is 0 Å². The highest BCUT2D eigenvalue weighted by molar-refractivity contribution is 7.99. The molecule has 0 aliphatic rings. The van der Waals surface area contributed by atoms with E-state index in [-0.39, 0.29) is 5.91 Å². The maximum Gasteiger partial charge on any atom is 0.234 e. The van der Waals surface area contributed by atoms with E-state index >= 15 is 0 Å². The van der Waals surface area contributed by atoms with Crippen molar-refractivity contribution >= 4 is 23.4 Å². The third-order valence-electron chi connectivity index (χ3n) is 2.85. The van der Waals surface area contributed by atoms with E-state index < -0.39 is 0 Å². The van der Waals surface area contributed by atoms with Crippen LogP contribution in [0.15, 0.2) is 17.3 Å². The molecule has 0 saturated carbocycles. The highest BCUT2D eigenvalue weighted by atomic mass is 32.2. The molecule has 0 aliphatic carbocycles. The second-order valence-corrected chi connectivity index (χ2v) is 5.76. The first-order chi connectivity index (χ1) is 9.45. The molecule has 0 radical (unpaired) electrons. The Labute approximate surface area is 122 Å². The number of carbonyl (C=O) groups excluding carboxylic acids is 1. The molecule has 0 spiro atoms. The van der Waals surface area contributed by atoms with Crippen LogP contribution >= 0.6 is 11.8 Å². The van der Waals surface area contributed by atoms with Crippen molar-refractivity contribution < 1.29 is 4.79 Å². The number of aromatic nitrogens is 3. The van der Waals surface area contributed by atoms with Crippen molar-refractivity contribution in [2.75, 3.05) is 11.1 Å². The summed E-state index contributed by atoms with van der Waals surface area (Å²) in [5, 5.41) is 10.3. The van der Waals surface area contributed by atoms with Crippen molar-refractivity contribution in [3.8, 4) is 0 Å². The minimum Gasteiger partial charge on any atom is -0.325 e. The molecular formula is C14H18N4OS. The number of hydrogen-bond donors (Lipinski definition) is 2. The van der Waals surface area contributed by atoms with Crippen molar-refractivity contribution in [1.82, 2.24) is 15.2 Å². The smallest absolute Gasteiger partial charge is 0.234 e. The maximum absolute atomic E-state index is 12.0. The topological polar surface area (TPSA) is 70.7 Å². The van der Waals surface area contributed by atoms with E-state index in [1.165, 1.54) is 17.3 Å². The average molecular weight is 290 g/mol. The van der Waals surface area contributed by atoms with Gasteiger partial charge in [-0.05, 0) is 38.8 Å². The van der Waals surface area contributed by atoms with Gasteiger partial charge in [0, 0.05) is 5.69 Å². The van der Waals surface area contributed by atoms with Crippen molar-refractivity contribution in [1.29, 1.82) is 0 Å². The first-order valence-electron chi connectivity index (χ1n) is 6.35. The molecule has 5 nitrogen and oxygen atoms in total. The minimum absolute atomic E-state index is 0.0486. The standard InChI is InChI=1S/C14H18N4OS/c1-8-5-9(2)13(10(3)6-8)16-12(19)7-20-14-15-11(4)17-18-14/h5-6H,7H2,1-4H3,(H,16,19)(H,15,17,18). The lowest BCUT2D eigenvalue weighted by Crippen LogP contribution is -2.16. The highest BCUT2D eigenvalue weighted by Crippen LogP contribution is 2.22. The fraction of sp³-hybridized carbons (Fsp3) is 0.357. The maximum atomic E-state index is 12.0. The second kappa shape index (κ2) is 6.09. The monoisotopic (exact) mass is 290 g/mol. The molecule has 6 heteroatoms. The van der Waals surface area contributed by atoms with Crippen molar-refractivity contribution in [3.63, 3.8) is 0 Å². The van der Waals surface area contributed by atoms with Crippen LogP contribution in [0.4, 0.5) is 5.69 Å². The van der Waals surface area contributed by atoms with Crippen LogP contribution < -0.4 is 5.32 Å². The summed E-state index contributed by atoms with van der Waals surface area (Å²) in [4.78, 5) is 16.1. The van der Waals surface area contributed by atoms with Crippen molar-refractivity contribution in [2.24, 2.45) is 0 Å². The first kappa shape index (κ1) is 14.6. The van der Waals surface area contributed by atoms with E-state index in [0.29, 0.717) is 10.9 Å². The van der Waals surface area contributed by atoms with Crippen LogP contribution in [0.25, 0.3) is 0 Å². The van der Waals surface area contributed by atoms with Crippen molar-refractivity contribution in [2.45, 2.75) is 32.9 Å². The van der Waals surface area contributed by atoms with Crippen LogP contribution in [-0.2, 0) is 4.79 Å². The summed E-state index contributed by atoms with van der Waals surface area (Å²) in [6.07, 6.45) is 0. The number of rotatable bonds is 4. The van der Waals surface area contributed by atoms with Crippen molar-refractivity contribution in [3.05, 3.63) is 34.6 Å². The number of thioether (sulfide) groups is 1. The summed E-state index contributed by atoms with van der Waals surface area (Å²) < 4.78 is 0. The van der Waals surface area contributed by atoms with E-state index in [9.17, 15) is 4.79 Å². The third kappa shape index (κ3) is 3.60. The van der Waals surface area contributed by atoms with Gasteiger partial charge >= 0.3 is 0 Å². The number of aromatic amines is 1. The molecule has 1 amide bonds. The summed E-state index contributed by atoms with van der Waals surface area (Å²) in [6.45, 7) is 7.88. The Balaban J connectivity index is 1.98. The van der Waals surface area contributed by atoms with Crippen LogP contribution in [-0.4, -0.2) is 26.8 Å². The zero-order valence-corrected chi connectivity index (χ0v) is 12.9. The summed E-state index contributed by atoms with van der Waals surface area (Å²) >= 11 is 1.32. The van der Waals surface area contributed by atoms with Crippen LogP contribution in [0.2, 0.25) is 0 Å². The SMILES string of the molecule is Cc1cc(C)c(NC(=O)CSc2n[nH]c(C)n2)c(C)c1. The molecule has 0 fully saturated rings. The van der Waals surface area contributed by atoms with E-state index in [2.05, 4.69) is 32.6 Å². The number of aryl methyl sites for hydroxylation is 4. The third-order valence-corrected chi connectivity index (χ3v) is 3.70. The van der Waals surface area contributed by atoms with Crippen LogP contribution in [0.1, 0.15) is 22.5 Å². The number of carbonyl (C=O) groups is 1. The number of hydrogen-bond acceptors (Lipinski definition) is 4. The van der Waals surface area contributed by atoms with Gasteiger partial charge in [-0.25, -0.2) is 4.98 Å². The molecule has 0 unspecified atom stereocenters. The largest absolute Gasteiger partial charge is 0.325 e. The van der Waals surface area contributed by atoms with Gasteiger partial charge in [0.15, 0.2) is 0 Å². The van der Waals surface area contributed by atoms with Gasteiger partial charge in [-0.3, -0.25) is 9.89 Å². The van der Waals surface area contributed by atoms with Gasteiger partial charge in [0.05, 0.1) is 5.75 Å². The fourth-order valence-corrected chi connectivity index (χ4v) is 2.71. The lowest BCUT2D eigenvalue weighted by molar-refractivity contribution is -0.113. The van der Waals surface area contributed by atoms with Gasteiger partial charge in [-0.2, -0.15) is 0 Å². The summed E-state index contributed by atoms with van der Waals surface area (Å²) in [5.74, 6) is 0.995. The minimum atomic E-state index is -0.0486. The van der Waals surface area contributed by atoms with Crippen LogP contribution in [0, 0.1) is 27.7 Å². The molecule has 2 aromatic rings. The van der Waals surface area contributed by atoms with Gasteiger partial charge in [0.1, 0.15) is 5.82 Å². The Hall–Kier alpha value is -1.82. The number of nitrogens with zero attached hydrogens (tertiary/aromatic N) is 2. The zero-order valence-electron chi connectivity index (χ0n) is 12.1. The molecule has 1 aromatic carbocycles. The predicted molar refractivity (Wildman–Crippen MR) is 81.1 cm³/mol. The number of benzene rings is 1. The molecule has 106 valence electrons. The molecule has 0 atom stereocenters. The predicted octanol–water partition coefficient (Wildman–Crippen LogP) is 2.77. The van der Waals surface area contributed by atoms with E-state index in [0.717, 1.165) is 22.6 Å². The lowest BCUT2D eigenvalue weighted by Gasteiger charge is -2.12. The highest BCUT2D eigenvalue weighted by Gasteiger charge is 2.10. The molecule has 0 aliphatic heterocycles. The second-order valence-electron chi connectivity index (χ2n) is 4.81. The Bertz CT molecular complexity index is 613. The molecule has 20 heavy (non-hydrogen) atoms. The quantitative estimate of drug-likeness (QED) is 0.849. The summed E-state index contributed by atoms with van der Waals surface area (Å²) in [5.41, 5.74) is 4.25. The molecule has 2 N–H and O–H groups in total. The molecular weight excluding hydrogens is 272 g/mol. The first-order valence-corrected chi connectivity index (χ1v) is 7.34. The Morgan fingerprint density at radius 1 is 1.25 bits per heavy atom. The molecule has 0 bridgehead atoms. The number of amides is 1. The number of nitrogens with one attached hydrogen (secondary N) is 2. The van der Waals surface area contributed by atoms with E-state index in [4.69, 9.17) is 0 Å². The fourth-order valence-electron chi connectivity index (χ4n) is 2.07. The Morgan fingerprint density at radius 3 is 2.45 bits per heavy atom. The van der Waals surface area contributed by atoms with Gasteiger partial charge in [0.25, 0.3) is 0 Å². The zero-order chi connectivity index (χ0) is 14.7. The van der Waals surface area contributed by atoms with Gasteiger partial charge < -0.3 is 5.32 Å². The van der Waals surface area contributed by atoms with Gasteiger partial charge in [0.2, 0.25) is 11.1 Å². The van der Waals surface area contributed by atoms with E-state index in [1.54, 1.807) is 0 Å². The summed E-state index contributed by atoms with van der Waals surface area (Å²) in [6, 6.07) is 4.13. The average Bonchev–Trinajstić information content (AvgIpc) is 2.77. The van der Waals surface area contributed by atoms with Gasteiger partial charge in [-0.15, -0.1) is 5.10 Å². The van der Waals surface area contributed by atoms with Crippen LogP contribution in [0.5, 0.6) is 0 Å². The molecule has 2 rings (SSSR count). The Kier molecular flexibility index (Phi) is 4.44. The number of anilines is 1. The number of H-pyrrole nitrogens is 1. The van der Waals surface area contributed by atoms with Gasteiger partial charge in [-0.1, -0.05) is 29.5 Å². The Morgan fingerprint density at radius 2 is 1.90 bits per heavy atom. The lowest BCUT2D eigenvalue weighted by atomic mass is 10.1.